The first kappa shape index (κ1) is 7.79. The fourth-order valence-corrected chi connectivity index (χ4v) is 1.31. The molecule has 4 nitrogen and oxygen atoms in total. The van der Waals surface area contributed by atoms with Gasteiger partial charge in [-0.1, -0.05) is 5.16 Å². The molecule has 0 amide bonds. The summed E-state index contributed by atoms with van der Waals surface area (Å²) in [7, 11) is 0. The Morgan fingerprint density at radius 2 is 2.46 bits per heavy atom. The molecule has 2 rings (SSSR count). The van der Waals surface area contributed by atoms with Crippen LogP contribution in [-0.2, 0) is 0 Å². The molecule has 2 N–H and O–H groups in total. The number of nitrogens with one attached hydrogen (secondary N) is 1. The van der Waals surface area contributed by atoms with Crippen molar-refractivity contribution in [3.63, 3.8) is 0 Å². The monoisotopic (exact) mass is 175 g/mol. The van der Waals surface area contributed by atoms with Crippen molar-refractivity contribution >= 4 is 16.7 Å². The second kappa shape index (κ2) is 2.90. The van der Waals surface area contributed by atoms with Crippen LogP contribution in [-0.4, -0.2) is 20.9 Å². The van der Waals surface area contributed by atoms with Crippen LogP contribution >= 0.6 is 0 Å². The third-order valence-electron chi connectivity index (χ3n) is 1.99. The third-order valence-corrected chi connectivity index (χ3v) is 1.99. The van der Waals surface area contributed by atoms with Gasteiger partial charge in [-0.3, -0.25) is 0 Å². The Hall–Kier alpha value is -1.84. The second-order valence-electron chi connectivity index (χ2n) is 2.79. The van der Waals surface area contributed by atoms with E-state index in [1.807, 2.05) is 12.1 Å². The lowest BCUT2D eigenvalue weighted by molar-refractivity contribution is 0.319. The number of rotatable bonds is 1. The van der Waals surface area contributed by atoms with Crippen molar-refractivity contribution < 1.29 is 5.21 Å². The number of hydrogen-bond acceptors (Lipinski definition) is 3. The van der Waals surface area contributed by atoms with Crippen LogP contribution in [0.2, 0.25) is 0 Å². The fraction of sp³-hybridized carbons (Fsp3) is 0.111. The van der Waals surface area contributed by atoms with Gasteiger partial charge in [0, 0.05) is 23.3 Å². The van der Waals surface area contributed by atoms with E-state index in [0.717, 1.165) is 16.6 Å². The lowest BCUT2D eigenvalue weighted by Gasteiger charge is -1.93. The number of H-pyrrole nitrogens is 1. The van der Waals surface area contributed by atoms with Crippen molar-refractivity contribution in [2.24, 2.45) is 5.16 Å². The number of aromatic nitrogens is 2. The van der Waals surface area contributed by atoms with Crippen LogP contribution in [0.3, 0.4) is 0 Å². The van der Waals surface area contributed by atoms with Gasteiger partial charge in [-0.2, -0.15) is 0 Å². The highest BCUT2D eigenvalue weighted by Gasteiger charge is 2.05. The minimum absolute atomic E-state index is 0.583. The van der Waals surface area contributed by atoms with Crippen LogP contribution in [0.15, 0.2) is 29.7 Å². The van der Waals surface area contributed by atoms with Gasteiger partial charge in [-0.05, 0) is 19.1 Å². The Balaban J connectivity index is 2.71. The molecule has 4 heteroatoms. The summed E-state index contributed by atoms with van der Waals surface area (Å²) in [5.41, 5.74) is 2.27. The molecule has 0 aromatic carbocycles. The smallest absolute Gasteiger partial charge is 0.137 e. The average molecular weight is 175 g/mol. The Morgan fingerprint density at radius 1 is 1.62 bits per heavy atom. The first-order chi connectivity index (χ1) is 6.33. The van der Waals surface area contributed by atoms with Gasteiger partial charge in [0.05, 0.1) is 5.71 Å². The SMILES string of the molecule is C/C(=N/O)c1c[nH]c2ncccc12. The third kappa shape index (κ3) is 1.16. The van der Waals surface area contributed by atoms with Gasteiger partial charge in [-0.25, -0.2) is 4.98 Å². The molecule has 13 heavy (non-hydrogen) atoms. The van der Waals surface area contributed by atoms with Crippen molar-refractivity contribution in [1.29, 1.82) is 0 Å². The van der Waals surface area contributed by atoms with E-state index < -0.39 is 0 Å². The van der Waals surface area contributed by atoms with Gasteiger partial charge < -0.3 is 10.2 Å². The van der Waals surface area contributed by atoms with E-state index in [2.05, 4.69) is 15.1 Å². The maximum absolute atomic E-state index is 8.62. The maximum atomic E-state index is 8.62. The van der Waals surface area contributed by atoms with Gasteiger partial charge in [0.25, 0.3) is 0 Å². The lowest BCUT2D eigenvalue weighted by Crippen LogP contribution is -1.91. The minimum Gasteiger partial charge on any atom is -0.411 e. The summed E-state index contributed by atoms with van der Waals surface area (Å²) in [6.45, 7) is 1.75. The largest absolute Gasteiger partial charge is 0.411 e. The van der Waals surface area contributed by atoms with E-state index in [-0.39, 0.29) is 0 Å². The Morgan fingerprint density at radius 3 is 3.23 bits per heavy atom. The number of fused-ring (bicyclic) bond motifs is 1. The topological polar surface area (TPSA) is 61.3 Å². The van der Waals surface area contributed by atoms with E-state index in [4.69, 9.17) is 5.21 Å². The molecule has 0 aliphatic rings. The van der Waals surface area contributed by atoms with Crippen molar-refractivity contribution in [2.45, 2.75) is 6.92 Å². The first-order valence-corrected chi connectivity index (χ1v) is 3.94. The average Bonchev–Trinajstić information content (AvgIpc) is 2.60. The zero-order valence-electron chi connectivity index (χ0n) is 7.15. The molecular formula is C9H9N3O. The van der Waals surface area contributed by atoms with Crippen molar-refractivity contribution in [3.05, 3.63) is 30.1 Å². The van der Waals surface area contributed by atoms with Gasteiger partial charge >= 0.3 is 0 Å². The highest BCUT2D eigenvalue weighted by atomic mass is 16.4. The summed E-state index contributed by atoms with van der Waals surface area (Å²) in [5.74, 6) is 0. The number of oxime groups is 1. The second-order valence-corrected chi connectivity index (χ2v) is 2.79. The molecule has 0 radical (unpaired) electrons. The Labute approximate surface area is 74.9 Å². The molecule has 0 aliphatic heterocycles. The summed E-state index contributed by atoms with van der Waals surface area (Å²) in [6.07, 6.45) is 3.50. The zero-order chi connectivity index (χ0) is 9.26. The van der Waals surface area contributed by atoms with Gasteiger partial charge in [0.2, 0.25) is 0 Å². The molecular weight excluding hydrogens is 166 g/mol. The lowest BCUT2D eigenvalue weighted by atomic mass is 10.1. The summed E-state index contributed by atoms with van der Waals surface area (Å²) in [6, 6.07) is 3.78. The Kier molecular flexibility index (Phi) is 1.73. The maximum Gasteiger partial charge on any atom is 0.137 e. The fourth-order valence-electron chi connectivity index (χ4n) is 1.31. The van der Waals surface area contributed by atoms with E-state index in [1.54, 1.807) is 19.3 Å². The van der Waals surface area contributed by atoms with Crippen LogP contribution in [0.4, 0.5) is 0 Å². The molecule has 2 heterocycles. The zero-order valence-corrected chi connectivity index (χ0v) is 7.15. The van der Waals surface area contributed by atoms with E-state index in [9.17, 15) is 0 Å². The molecule has 0 bridgehead atoms. The van der Waals surface area contributed by atoms with Crippen molar-refractivity contribution in [3.8, 4) is 0 Å². The van der Waals surface area contributed by atoms with E-state index in [1.165, 1.54) is 0 Å². The number of pyridine rings is 1. The molecule has 0 saturated heterocycles. The molecule has 0 unspecified atom stereocenters. The standard InChI is InChI=1S/C9H9N3O/c1-6(12-13)8-5-11-9-7(8)3-2-4-10-9/h2-5,13H,1H3,(H,10,11)/b12-6-. The quantitative estimate of drug-likeness (QED) is 0.394. The molecule has 0 atom stereocenters. The first-order valence-electron chi connectivity index (χ1n) is 3.94. The number of aromatic amines is 1. The van der Waals surface area contributed by atoms with Gasteiger partial charge in [0.15, 0.2) is 0 Å². The molecule has 2 aromatic heterocycles. The molecule has 0 fully saturated rings. The molecule has 66 valence electrons. The Bertz CT molecular complexity index is 459. The van der Waals surface area contributed by atoms with E-state index >= 15 is 0 Å². The molecule has 2 aromatic rings. The number of hydrogen-bond donors (Lipinski definition) is 2. The van der Waals surface area contributed by atoms with Crippen LogP contribution in [0.1, 0.15) is 12.5 Å². The minimum atomic E-state index is 0.583. The van der Waals surface area contributed by atoms with Crippen molar-refractivity contribution in [2.75, 3.05) is 0 Å². The van der Waals surface area contributed by atoms with Crippen LogP contribution < -0.4 is 0 Å². The van der Waals surface area contributed by atoms with Gasteiger partial charge in [0.1, 0.15) is 5.65 Å². The van der Waals surface area contributed by atoms with Crippen LogP contribution in [0.25, 0.3) is 11.0 Å². The predicted molar refractivity (Wildman–Crippen MR) is 50.1 cm³/mol. The summed E-state index contributed by atoms with van der Waals surface area (Å²) in [5, 5.41) is 12.7. The summed E-state index contributed by atoms with van der Waals surface area (Å²) < 4.78 is 0. The normalized spacial score (nSPS) is 12.2. The van der Waals surface area contributed by atoms with Crippen LogP contribution in [0.5, 0.6) is 0 Å². The molecule has 0 saturated carbocycles. The summed E-state index contributed by atoms with van der Waals surface area (Å²) >= 11 is 0. The molecule has 0 spiro atoms. The highest BCUT2D eigenvalue weighted by Crippen LogP contribution is 2.15. The van der Waals surface area contributed by atoms with Crippen LogP contribution in [0, 0.1) is 0 Å². The number of nitrogens with zero attached hydrogens (tertiary/aromatic N) is 2. The van der Waals surface area contributed by atoms with Crippen molar-refractivity contribution in [1.82, 2.24) is 9.97 Å². The summed E-state index contributed by atoms with van der Waals surface area (Å²) in [4.78, 5) is 7.13. The van der Waals surface area contributed by atoms with Gasteiger partial charge in [-0.15, -0.1) is 0 Å². The highest BCUT2D eigenvalue weighted by molar-refractivity contribution is 6.08. The van der Waals surface area contributed by atoms with E-state index in [0.29, 0.717) is 5.71 Å². The molecule has 0 aliphatic carbocycles. The predicted octanol–water partition coefficient (Wildman–Crippen LogP) is 1.76.